The molecule has 0 spiro atoms. The van der Waals surface area contributed by atoms with Gasteiger partial charge in [0.25, 0.3) is 5.91 Å². The largest absolute Gasteiger partial charge is 0.452 e. The van der Waals surface area contributed by atoms with Crippen LogP contribution in [0.1, 0.15) is 24.2 Å². The maximum atomic E-state index is 13.1. The summed E-state index contributed by atoms with van der Waals surface area (Å²) in [5.41, 5.74) is 0.675. The van der Waals surface area contributed by atoms with Crippen molar-refractivity contribution in [2.75, 3.05) is 48.9 Å². The van der Waals surface area contributed by atoms with Crippen molar-refractivity contribution in [1.29, 1.82) is 0 Å². The Morgan fingerprint density at radius 2 is 1.50 bits per heavy atom. The number of hydrogen-bond acceptors (Lipinski definition) is 8. The van der Waals surface area contributed by atoms with E-state index in [1.807, 2.05) is 67.8 Å². The van der Waals surface area contributed by atoms with Crippen LogP contribution in [0.15, 0.2) is 23.1 Å². The number of anilines is 3. The standard InChI is InChI=1S/C23H22ClI3N4O8S/c1-11(32)28-21-18(25)17(19(26)22(20(21)27)29-12(2)33)23(35)39-10-16(34)30-15-9-13(3-4-14(15)24)40(36,37)31-5-7-38-8-6-31/h3-4,9H,5-8,10H2,1-2H3,(H,28,32)(H,29,33)(H,30,34). The zero-order chi connectivity index (χ0) is 29.8. The first-order valence-electron chi connectivity index (χ1n) is 11.3. The van der Waals surface area contributed by atoms with E-state index in [1.54, 1.807) is 0 Å². The molecular formula is C23H22ClI3N4O8S. The number of morpholine rings is 1. The average molecular weight is 931 g/mol. The summed E-state index contributed by atoms with van der Waals surface area (Å²) in [6.07, 6.45) is 0. The first-order valence-corrected chi connectivity index (χ1v) is 16.4. The van der Waals surface area contributed by atoms with Gasteiger partial charge >= 0.3 is 5.97 Å². The van der Waals surface area contributed by atoms with Crippen LogP contribution in [-0.4, -0.2) is 69.3 Å². The Balaban J connectivity index is 1.81. The number of nitrogens with zero attached hydrogens (tertiary/aromatic N) is 1. The molecule has 1 saturated heterocycles. The van der Waals surface area contributed by atoms with Gasteiger partial charge < -0.3 is 25.4 Å². The van der Waals surface area contributed by atoms with Crippen LogP contribution < -0.4 is 16.0 Å². The number of halogens is 4. The molecule has 0 atom stereocenters. The Bertz CT molecular complexity index is 1440. The van der Waals surface area contributed by atoms with E-state index >= 15 is 0 Å². The Labute approximate surface area is 276 Å². The third-order valence-electron chi connectivity index (χ3n) is 5.28. The first kappa shape index (κ1) is 33.2. The molecule has 2 aromatic carbocycles. The molecule has 2 aromatic rings. The lowest BCUT2D eigenvalue weighted by Crippen LogP contribution is -2.40. The fourth-order valence-electron chi connectivity index (χ4n) is 3.50. The van der Waals surface area contributed by atoms with Gasteiger partial charge in [-0.1, -0.05) is 11.6 Å². The van der Waals surface area contributed by atoms with Crippen molar-refractivity contribution in [3.8, 4) is 0 Å². The predicted octanol–water partition coefficient (Wildman–Crippen LogP) is 3.89. The highest BCUT2D eigenvalue weighted by atomic mass is 127. The minimum atomic E-state index is -3.84. The molecule has 17 heteroatoms. The van der Waals surface area contributed by atoms with E-state index < -0.39 is 28.5 Å². The molecule has 0 radical (unpaired) electrons. The van der Waals surface area contributed by atoms with E-state index in [0.29, 0.717) is 22.1 Å². The van der Waals surface area contributed by atoms with Crippen LogP contribution in [0.4, 0.5) is 17.1 Å². The molecule has 0 bridgehead atoms. The molecule has 0 aromatic heterocycles. The highest BCUT2D eigenvalue weighted by Gasteiger charge is 2.29. The molecule has 1 fully saturated rings. The average Bonchev–Trinajstić information content (AvgIpc) is 2.89. The Morgan fingerprint density at radius 1 is 0.950 bits per heavy atom. The van der Waals surface area contributed by atoms with Gasteiger partial charge in [0.15, 0.2) is 6.61 Å². The highest BCUT2D eigenvalue weighted by Crippen LogP contribution is 2.39. The Morgan fingerprint density at radius 3 is 2.02 bits per heavy atom. The van der Waals surface area contributed by atoms with E-state index in [-0.39, 0.29) is 59.3 Å². The molecule has 1 aliphatic rings. The molecule has 0 aliphatic carbocycles. The second-order valence-corrected chi connectivity index (χ2v) is 13.8. The molecule has 216 valence electrons. The van der Waals surface area contributed by atoms with Gasteiger partial charge in [-0.2, -0.15) is 4.31 Å². The van der Waals surface area contributed by atoms with Gasteiger partial charge in [0.05, 0.1) is 56.5 Å². The number of benzene rings is 2. The summed E-state index contributed by atoms with van der Waals surface area (Å²) in [5.74, 6) is -2.43. The summed E-state index contributed by atoms with van der Waals surface area (Å²) in [7, 11) is -3.84. The number of nitrogens with one attached hydrogen (secondary N) is 3. The predicted molar refractivity (Wildman–Crippen MR) is 173 cm³/mol. The van der Waals surface area contributed by atoms with Crippen LogP contribution in [0.5, 0.6) is 0 Å². The van der Waals surface area contributed by atoms with E-state index in [0.717, 1.165) is 0 Å². The molecule has 3 amide bonds. The third-order valence-corrected chi connectivity index (χ3v) is 10.7. The maximum Gasteiger partial charge on any atom is 0.340 e. The highest BCUT2D eigenvalue weighted by molar-refractivity contribution is 14.1. The maximum absolute atomic E-state index is 13.1. The molecule has 1 heterocycles. The van der Waals surface area contributed by atoms with Crippen LogP contribution in [0.25, 0.3) is 0 Å². The SMILES string of the molecule is CC(=O)Nc1c(I)c(NC(C)=O)c(I)c(C(=O)OCC(=O)Nc2cc(S(=O)(=O)N3CCOCC3)ccc2Cl)c1I. The van der Waals surface area contributed by atoms with Crippen LogP contribution in [0.2, 0.25) is 5.02 Å². The molecule has 0 saturated carbocycles. The number of carbonyl (C=O) groups excluding carboxylic acids is 4. The van der Waals surface area contributed by atoms with Gasteiger partial charge in [0.2, 0.25) is 21.8 Å². The van der Waals surface area contributed by atoms with E-state index in [9.17, 15) is 27.6 Å². The van der Waals surface area contributed by atoms with Crippen molar-refractivity contribution in [2.24, 2.45) is 0 Å². The summed E-state index contributed by atoms with van der Waals surface area (Å²) in [4.78, 5) is 49.3. The lowest BCUT2D eigenvalue weighted by atomic mass is 10.1. The minimum absolute atomic E-state index is 0.0244. The second-order valence-electron chi connectivity index (χ2n) is 8.21. The molecule has 3 rings (SSSR count). The summed E-state index contributed by atoms with van der Waals surface area (Å²) >= 11 is 11.9. The quantitative estimate of drug-likeness (QED) is 0.266. The number of hydrogen-bond donors (Lipinski definition) is 3. The second kappa shape index (κ2) is 14.2. The normalized spacial score (nSPS) is 13.8. The molecule has 12 nitrogen and oxygen atoms in total. The molecule has 0 unspecified atom stereocenters. The topological polar surface area (TPSA) is 160 Å². The van der Waals surface area contributed by atoms with Crippen molar-refractivity contribution in [3.05, 3.63) is 39.5 Å². The summed E-state index contributed by atoms with van der Waals surface area (Å²) in [6.45, 7) is 2.84. The molecular weight excluding hydrogens is 909 g/mol. The molecule has 1 aliphatic heterocycles. The van der Waals surface area contributed by atoms with Gasteiger partial charge in [-0.3, -0.25) is 14.4 Å². The van der Waals surface area contributed by atoms with Crippen molar-refractivity contribution < 1.29 is 37.1 Å². The number of carbonyl (C=O) groups is 4. The van der Waals surface area contributed by atoms with Crippen LogP contribution in [0.3, 0.4) is 0 Å². The minimum Gasteiger partial charge on any atom is -0.452 e. The smallest absolute Gasteiger partial charge is 0.340 e. The Kier molecular flexibility index (Phi) is 11.8. The van der Waals surface area contributed by atoms with Crippen LogP contribution in [0, 0.1) is 10.7 Å². The van der Waals surface area contributed by atoms with Gasteiger partial charge in [-0.05, 0) is 86.0 Å². The number of esters is 1. The van der Waals surface area contributed by atoms with Crippen LogP contribution in [-0.2, 0) is 33.9 Å². The zero-order valence-corrected chi connectivity index (χ0v) is 28.9. The van der Waals surface area contributed by atoms with E-state index in [1.165, 1.54) is 36.4 Å². The van der Waals surface area contributed by atoms with Gasteiger partial charge in [0.1, 0.15) is 0 Å². The fraction of sp³-hybridized carbons (Fsp3) is 0.304. The Hall–Kier alpha value is -1.33. The van der Waals surface area contributed by atoms with Crippen molar-refractivity contribution in [1.82, 2.24) is 4.31 Å². The van der Waals surface area contributed by atoms with E-state index in [2.05, 4.69) is 16.0 Å². The molecule has 40 heavy (non-hydrogen) atoms. The first-order chi connectivity index (χ1) is 18.7. The fourth-order valence-corrected chi connectivity index (χ4v) is 9.25. The summed E-state index contributed by atoms with van der Waals surface area (Å²) < 4.78 is 38.9. The van der Waals surface area contributed by atoms with Gasteiger partial charge in [0, 0.05) is 26.9 Å². The van der Waals surface area contributed by atoms with Crippen molar-refractivity contribution >= 4 is 130 Å². The van der Waals surface area contributed by atoms with Crippen molar-refractivity contribution in [2.45, 2.75) is 18.7 Å². The third kappa shape index (κ3) is 7.94. The monoisotopic (exact) mass is 930 g/mol. The lowest BCUT2D eigenvalue weighted by Gasteiger charge is -2.26. The number of amides is 3. The summed E-state index contributed by atoms with van der Waals surface area (Å²) in [5, 5.41) is 7.86. The number of rotatable bonds is 8. The number of ether oxygens (including phenoxy) is 2. The van der Waals surface area contributed by atoms with Crippen LogP contribution >= 0.6 is 79.4 Å². The van der Waals surface area contributed by atoms with Gasteiger partial charge in [-0.15, -0.1) is 0 Å². The zero-order valence-electron chi connectivity index (χ0n) is 20.9. The van der Waals surface area contributed by atoms with Crippen molar-refractivity contribution in [3.63, 3.8) is 0 Å². The van der Waals surface area contributed by atoms with E-state index in [4.69, 9.17) is 21.1 Å². The lowest BCUT2D eigenvalue weighted by molar-refractivity contribution is -0.119. The summed E-state index contributed by atoms with van der Waals surface area (Å²) in [6, 6.07) is 3.92. The molecule has 3 N–H and O–H groups in total. The van der Waals surface area contributed by atoms with Gasteiger partial charge in [-0.25, -0.2) is 13.2 Å². The number of sulfonamides is 1.